The summed E-state index contributed by atoms with van der Waals surface area (Å²) < 4.78 is 27.8. The van der Waals surface area contributed by atoms with E-state index in [1.165, 1.54) is 6.07 Å². The third kappa shape index (κ3) is 3.16. The minimum absolute atomic E-state index is 0.0263. The first kappa shape index (κ1) is 14.9. The highest BCUT2D eigenvalue weighted by molar-refractivity contribution is 8.13. The summed E-state index contributed by atoms with van der Waals surface area (Å²) in [5.74, 6) is -0.734. The quantitative estimate of drug-likeness (QED) is 0.621. The SMILES string of the molecule is O=C(OC1CCC1)c1c(Cl)ccc(S(=O)(=O)Cl)c1Cl. The molecule has 0 saturated heterocycles. The molecule has 0 N–H and O–H groups in total. The average Bonchev–Trinajstić information content (AvgIpc) is 2.21. The molecule has 1 aromatic rings. The van der Waals surface area contributed by atoms with Gasteiger partial charge in [0, 0.05) is 10.7 Å². The van der Waals surface area contributed by atoms with Crippen LogP contribution in [0.15, 0.2) is 17.0 Å². The van der Waals surface area contributed by atoms with E-state index in [9.17, 15) is 13.2 Å². The van der Waals surface area contributed by atoms with Crippen LogP contribution in [0.25, 0.3) is 0 Å². The summed E-state index contributed by atoms with van der Waals surface area (Å²) in [6, 6.07) is 2.40. The van der Waals surface area contributed by atoms with Crippen LogP contribution in [0, 0.1) is 0 Å². The lowest BCUT2D eigenvalue weighted by Gasteiger charge is -2.25. The highest BCUT2D eigenvalue weighted by atomic mass is 35.7. The van der Waals surface area contributed by atoms with Gasteiger partial charge < -0.3 is 4.74 Å². The maximum atomic E-state index is 11.9. The Kier molecular flexibility index (Phi) is 4.30. The summed E-state index contributed by atoms with van der Waals surface area (Å²) >= 11 is 11.8. The number of esters is 1. The fourth-order valence-electron chi connectivity index (χ4n) is 1.61. The normalized spacial score (nSPS) is 15.9. The summed E-state index contributed by atoms with van der Waals surface area (Å²) in [6.07, 6.45) is 2.41. The second-order valence-electron chi connectivity index (χ2n) is 4.13. The van der Waals surface area contributed by atoms with Crippen LogP contribution in [0.2, 0.25) is 10.0 Å². The van der Waals surface area contributed by atoms with Gasteiger partial charge >= 0.3 is 5.97 Å². The van der Waals surface area contributed by atoms with Gasteiger partial charge in [-0.2, -0.15) is 0 Å². The number of carbonyl (C=O) groups excluding carboxylic acids is 1. The molecule has 104 valence electrons. The highest BCUT2D eigenvalue weighted by Crippen LogP contribution is 2.34. The fourth-order valence-corrected chi connectivity index (χ4v) is 3.49. The number of ether oxygens (including phenoxy) is 1. The van der Waals surface area contributed by atoms with Crippen molar-refractivity contribution in [1.82, 2.24) is 0 Å². The number of carbonyl (C=O) groups is 1. The van der Waals surface area contributed by atoms with E-state index in [2.05, 4.69) is 0 Å². The fraction of sp³-hybridized carbons (Fsp3) is 0.364. The third-order valence-electron chi connectivity index (χ3n) is 2.85. The Balaban J connectivity index is 2.41. The molecular formula is C11H9Cl3O4S. The van der Waals surface area contributed by atoms with Gasteiger partial charge in [-0.1, -0.05) is 23.2 Å². The zero-order chi connectivity index (χ0) is 14.2. The Morgan fingerprint density at radius 2 is 1.89 bits per heavy atom. The molecule has 0 bridgehead atoms. The van der Waals surface area contributed by atoms with E-state index in [0.29, 0.717) is 0 Å². The van der Waals surface area contributed by atoms with E-state index in [4.69, 9.17) is 38.6 Å². The Bertz CT molecular complexity index is 623. The molecule has 0 unspecified atom stereocenters. The van der Waals surface area contributed by atoms with Gasteiger partial charge in [-0.3, -0.25) is 0 Å². The van der Waals surface area contributed by atoms with Gasteiger partial charge in [-0.25, -0.2) is 13.2 Å². The van der Waals surface area contributed by atoms with Crippen molar-refractivity contribution in [3.8, 4) is 0 Å². The Morgan fingerprint density at radius 1 is 1.26 bits per heavy atom. The number of benzene rings is 1. The van der Waals surface area contributed by atoms with Gasteiger partial charge in [0.05, 0.1) is 15.6 Å². The van der Waals surface area contributed by atoms with Crippen LogP contribution in [0.4, 0.5) is 0 Å². The monoisotopic (exact) mass is 342 g/mol. The van der Waals surface area contributed by atoms with Crippen LogP contribution in [0.1, 0.15) is 29.6 Å². The average molecular weight is 344 g/mol. The molecule has 1 aliphatic rings. The molecule has 19 heavy (non-hydrogen) atoms. The van der Waals surface area contributed by atoms with Crippen LogP contribution in [0.5, 0.6) is 0 Å². The first-order chi connectivity index (χ1) is 8.80. The van der Waals surface area contributed by atoms with Gasteiger partial charge in [0.2, 0.25) is 0 Å². The molecule has 8 heteroatoms. The lowest BCUT2D eigenvalue weighted by Crippen LogP contribution is -2.25. The highest BCUT2D eigenvalue weighted by Gasteiger charge is 2.28. The minimum atomic E-state index is -4.05. The lowest BCUT2D eigenvalue weighted by atomic mass is 9.96. The number of hydrogen-bond donors (Lipinski definition) is 0. The van der Waals surface area contributed by atoms with Crippen molar-refractivity contribution in [3.05, 3.63) is 27.7 Å². The number of hydrogen-bond acceptors (Lipinski definition) is 4. The second kappa shape index (κ2) is 5.48. The molecule has 0 amide bonds. The zero-order valence-corrected chi connectivity index (χ0v) is 12.6. The Hall–Kier alpha value is -0.490. The maximum Gasteiger partial charge on any atom is 0.341 e. The van der Waals surface area contributed by atoms with Gasteiger partial charge in [-0.05, 0) is 31.4 Å². The molecule has 2 rings (SSSR count). The molecule has 0 aromatic heterocycles. The maximum absolute atomic E-state index is 11.9. The second-order valence-corrected chi connectivity index (χ2v) is 7.45. The predicted octanol–water partition coefficient (Wildman–Crippen LogP) is 3.63. The largest absolute Gasteiger partial charge is 0.459 e. The molecular weight excluding hydrogens is 335 g/mol. The Labute approximate surface area is 125 Å². The Morgan fingerprint density at radius 3 is 2.37 bits per heavy atom. The molecule has 0 atom stereocenters. The van der Waals surface area contributed by atoms with Crippen LogP contribution in [-0.2, 0) is 13.8 Å². The standard InChI is InChI=1S/C11H9Cl3O4S/c12-7-4-5-8(19(14,16)17)10(13)9(7)11(15)18-6-2-1-3-6/h4-6H,1-3H2. The van der Waals surface area contributed by atoms with Crippen molar-refractivity contribution in [2.24, 2.45) is 0 Å². The number of rotatable bonds is 3. The van der Waals surface area contributed by atoms with Gasteiger partial charge in [0.15, 0.2) is 0 Å². The summed E-state index contributed by atoms with van der Waals surface area (Å²) in [6.45, 7) is 0. The van der Waals surface area contributed by atoms with Crippen molar-refractivity contribution in [2.45, 2.75) is 30.3 Å². The van der Waals surface area contributed by atoms with Gasteiger partial charge in [0.1, 0.15) is 11.0 Å². The van der Waals surface area contributed by atoms with Crippen molar-refractivity contribution >= 4 is 48.9 Å². The molecule has 1 saturated carbocycles. The molecule has 1 fully saturated rings. The topological polar surface area (TPSA) is 60.4 Å². The van der Waals surface area contributed by atoms with E-state index < -0.39 is 15.0 Å². The first-order valence-corrected chi connectivity index (χ1v) is 8.51. The molecule has 0 aliphatic heterocycles. The molecule has 0 radical (unpaired) electrons. The molecule has 4 nitrogen and oxygen atoms in total. The summed E-state index contributed by atoms with van der Waals surface area (Å²) in [7, 11) is 1.18. The summed E-state index contributed by atoms with van der Waals surface area (Å²) in [5, 5.41) is -0.287. The molecule has 0 spiro atoms. The smallest absolute Gasteiger partial charge is 0.341 e. The van der Waals surface area contributed by atoms with E-state index >= 15 is 0 Å². The van der Waals surface area contributed by atoms with Crippen molar-refractivity contribution in [1.29, 1.82) is 0 Å². The van der Waals surface area contributed by atoms with Crippen LogP contribution < -0.4 is 0 Å². The summed E-state index contributed by atoms with van der Waals surface area (Å²) in [4.78, 5) is 11.6. The first-order valence-electron chi connectivity index (χ1n) is 5.44. The van der Waals surface area contributed by atoms with Crippen molar-refractivity contribution in [2.75, 3.05) is 0 Å². The molecule has 1 aliphatic carbocycles. The zero-order valence-electron chi connectivity index (χ0n) is 9.53. The van der Waals surface area contributed by atoms with Crippen LogP contribution in [0.3, 0.4) is 0 Å². The summed E-state index contributed by atoms with van der Waals surface area (Å²) in [5.41, 5.74) is -0.169. The minimum Gasteiger partial charge on any atom is -0.459 e. The van der Waals surface area contributed by atoms with Crippen molar-refractivity contribution < 1.29 is 17.9 Å². The lowest BCUT2D eigenvalue weighted by molar-refractivity contribution is 0.00902. The van der Waals surface area contributed by atoms with E-state index in [1.54, 1.807) is 0 Å². The van der Waals surface area contributed by atoms with Crippen LogP contribution >= 0.6 is 33.9 Å². The van der Waals surface area contributed by atoms with Crippen LogP contribution in [-0.4, -0.2) is 20.5 Å². The number of halogens is 3. The van der Waals surface area contributed by atoms with E-state index in [0.717, 1.165) is 25.3 Å². The van der Waals surface area contributed by atoms with E-state index in [-0.39, 0.29) is 26.6 Å². The van der Waals surface area contributed by atoms with Gasteiger partial charge in [-0.15, -0.1) is 0 Å². The predicted molar refractivity (Wildman–Crippen MR) is 72.6 cm³/mol. The molecule has 0 heterocycles. The molecule has 1 aromatic carbocycles. The third-order valence-corrected chi connectivity index (χ3v) is 5.03. The van der Waals surface area contributed by atoms with Crippen molar-refractivity contribution in [3.63, 3.8) is 0 Å². The van der Waals surface area contributed by atoms with E-state index in [1.807, 2.05) is 0 Å². The van der Waals surface area contributed by atoms with Gasteiger partial charge in [0.25, 0.3) is 9.05 Å².